The zero-order valence-electron chi connectivity index (χ0n) is 20.0. The number of esters is 1. The van der Waals surface area contributed by atoms with Crippen LogP contribution in [-0.2, 0) is 23.6 Å². The number of methoxy groups -OCH3 is 1. The van der Waals surface area contributed by atoms with Crippen LogP contribution in [-0.4, -0.2) is 56.3 Å². The largest absolute Gasteiger partial charge is 0.494 e. The molecule has 1 heterocycles. The van der Waals surface area contributed by atoms with Gasteiger partial charge >= 0.3 is 13.1 Å². The van der Waals surface area contributed by atoms with Gasteiger partial charge in [-0.1, -0.05) is 30.9 Å². The molecule has 0 saturated carbocycles. The fourth-order valence-corrected chi connectivity index (χ4v) is 3.34. The Morgan fingerprint density at radius 3 is 2.41 bits per heavy atom. The van der Waals surface area contributed by atoms with E-state index in [4.69, 9.17) is 28.6 Å². The van der Waals surface area contributed by atoms with E-state index in [-0.39, 0.29) is 13.2 Å². The van der Waals surface area contributed by atoms with E-state index in [1.54, 1.807) is 13.2 Å². The number of hydrogen-bond acceptors (Lipinski definition) is 7. The zero-order valence-corrected chi connectivity index (χ0v) is 20.0. The first kappa shape index (κ1) is 26.1. The first-order chi connectivity index (χ1) is 15.0. The molecule has 0 amide bonds. The molecule has 1 fully saturated rings. The van der Waals surface area contributed by atoms with E-state index in [0.29, 0.717) is 24.3 Å². The molecule has 1 aliphatic rings. The Morgan fingerprint density at radius 1 is 1.22 bits per heavy atom. The molecule has 1 saturated heterocycles. The van der Waals surface area contributed by atoms with Crippen LogP contribution >= 0.6 is 0 Å². The first-order valence-electron chi connectivity index (χ1n) is 10.7. The summed E-state index contributed by atoms with van der Waals surface area (Å²) in [6.07, 6.45) is 1.66. The fraction of sp³-hybridized carbons (Fsp3) is 0.542. The molecule has 176 valence electrons. The fourth-order valence-electron chi connectivity index (χ4n) is 3.34. The average Bonchev–Trinajstić information content (AvgIpc) is 2.92. The maximum Gasteiger partial charge on any atom is 0.494 e. The monoisotopic (exact) mass is 446 g/mol. The van der Waals surface area contributed by atoms with Gasteiger partial charge in [0.05, 0.1) is 24.4 Å². The minimum absolute atomic E-state index is 0.116. The smallest absolute Gasteiger partial charge is 0.491 e. The van der Waals surface area contributed by atoms with Crippen LogP contribution in [0.5, 0.6) is 5.75 Å². The Hall–Kier alpha value is -2.13. The van der Waals surface area contributed by atoms with E-state index in [2.05, 4.69) is 6.58 Å². The van der Waals surface area contributed by atoms with Gasteiger partial charge in [-0.2, -0.15) is 0 Å². The van der Waals surface area contributed by atoms with Gasteiger partial charge in [-0.15, -0.1) is 0 Å². The third-order valence-corrected chi connectivity index (χ3v) is 5.71. The molecule has 0 unspecified atom stereocenters. The normalized spacial score (nSPS) is 18.3. The molecule has 0 bridgehead atoms. The van der Waals surface area contributed by atoms with Crippen LogP contribution in [0.25, 0.3) is 0 Å². The number of rotatable bonds is 11. The van der Waals surface area contributed by atoms with Crippen LogP contribution in [0.3, 0.4) is 0 Å². The molecule has 1 atom stereocenters. The summed E-state index contributed by atoms with van der Waals surface area (Å²) in [6, 6.07) is 7.30. The van der Waals surface area contributed by atoms with Gasteiger partial charge in [-0.3, -0.25) is 4.79 Å². The molecule has 2 rings (SSSR count). The second kappa shape index (κ2) is 11.1. The summed E-state index contributed by atoms with van der Waals surface area (Å²) in [7, 11) is 0.977. The first-order valence-corrected chi connectivity index (χ1v) is 10.7. The summed E-state index contributed by atoms with van der Waals surface area (Å²) < 4.78 is 29.0. The Labute approximate surface area is 191 Å². The summed E-state index contributed by atoms with van der Waals surface area (Å²) in [5.74, 6) is 0.141. The topological polar surface area (TPSA) is 83.5 Å². The highest BCUT2D eigenvalue weighted by Crippen LogP contribution is 2.40. The van der Waals surface area contributed by atoms with E-state index < -0.39 is 30.4 Å². The van der Waals surface area contributed by atoms with E-state index in [1.165, 1.54) is 6.92 Å². The highest BCUT2D eigenvalue weighted by molar-refractivity contribution is 6.56. The lowest BCUT2D eigenvalue weighted by Gasteiger charge is -2.32. The number of hydrogen-bond donors (Lipinski definition) is 1. The van der Waals surface area contributed by atoms with Crippen molar-refractivity contribution in [3.8, 4) is 5.75 Å². The molecule has 0 aliphatic carbocycles. The van der Waals surface area contributed by atoms with Crippen LogP contribution in [0, 0.1) is 0 Å². The highest BCUT2D eigenvalue weighted by Gasteiger charge is 2.52. The van der Waals surface area contributed by atoms with Crippen molar-refractivity contribution in [3.05, 3.63) is 53.5 Å². The Kier molecular flexibility index (Phi) is 9.10. The van der Waals surface area contributed by atoms with E-state index in [0.717, 1.165) is 11.0 Å². The van der Waals surface area contributed by atoms with E-state index in [1.807, 2.05) is 52.0 Å². The minimum Gasteiger partial charge on any atom is -0.491 e. The lowest BCUT2D eigenvalue weighted by atomic mass is 9.73. The molecule has 32 heavy (non-hydrogen) atoms. The number of benzene rings is 1. The summed E-state index contributed by atoms with van der Waals surface area (Å²) in [5, 5.41) is 9.13. The molecule has 7 nitrogen and oxygen atoms in total. The SMILES string of the molecule is C=C(COC)/C(=C/C[C@H](OC(C)=O)c1ccccc1OCCO)B1OC(C)(C)C(C)(C)O1. The Bertz CT molecular complexity index is 815. The second-order valence-electron chi connectivity index (χ2n) is 8.73. The van der Waals surface area contributed by atoms with Crippen LogP contribution in [0.2, 0.25) is 0 Å². The third-order valence-electron chi connectivity index (χ3n) is 5.71. The number of carbonyl (C=O) groups is 1. The maximum absolute atomic E-state index is 11.8. The van der Waals surface area contributed by atoms with Crippen molar-refractivity contribution in [1.29, 1.82) is 0 Å². The zero-order chi connectivity index (χ0) is 23.9. The number of aliphatic hydroxyl groups excluding tert-OH is 1. The van der Waals surface area contributed by atoms with Crippen LogP contribution in [0.15, 0.2) is 48.0 Å². The molecule has 1 aliphatic heterocycles. The summed E-state index contributed by atoms with van der Waals surface area (Å²) in [6.45, 7) is 13.8. The van der Waals surface area contributed by atoms with Crippen molar-refractivity contribution in [1.82, 2.24) is 0 Å². The molecule has 1 aromatic carbocycles. The van der Waals surface area contributed by atoms with Crippen LogP contribution < -0.4 is 4.74 Å². The molecule has 1 N–H and O–H groups in total. The predicted octanol–water partition coefficient (Wildman–Crippen LogP) is 3.81. The standard InChI is InChI=1S/C24H35BO7/c1-17(16-28-7)20(25-31-23(3,4)24(5,6)32-25)12-13-22(30-18(2)27)19-10-8-9-11-21(19)29-15-14-26/h8-12,22,26H,1,13-16H2,2-7H3/b20-12-/t22-/m0/s1. The number of carbonyl (C=O) groups excluding carboxylic acids is 1. The van der Waals surface area contributed by atoms with Crippen molar-refractivity contribution in [3.63, 3.8) is 0 Å². The van der Waals surface area contributed by atoms with Gasteiger partial charge in [-0.05, 0) is 44.8 Å². The van der Waals surface area contributed by atoms with Gasteiger partial charge in [0.2, 0.25) is 0 Å². The molecule has 0 radical (unpaired) electrons. The summed E-state index contributed by atoms with van der Waals surface area (Å²) >= 11 is 0. The quantitative estimate of drug-likeness (QED) is 0.314. The highest BCUT2D eigenvalue weighted by atomic mass is 16.7. The molecule has 0 aromatic heterocycles. The molecular weight excluding hydrogens is 411 g/mol. The van der Waals surface area contributed by atoms with Crippen molar-refractivity contribution in [2.75, 3.05) is 26.9 Å². The van der Waals surface area contributed by atoms with Gasteiger partial charge in [-0.25, -0.2) is 0 Å². The minimum atomic E-state index is -0.624. The van der Waals surface area contributed by atoms with Gasteiger partial charge in [0.15, 0.2) is 0 Å². The van der Waals surface area contributed by atoms with Gasteiger partial charge in [0, 0.05) is 26.0 Å². The number of ether oxygens (including phenoxy) is 3. The molecular formula is C24H35BO7. The lowest BCUT2D eigenvalue weighted by molar-refractivity contribution is -0.146. The second-order valence-corrected chi connectivity index (χ2v) is 8.73. The van der Waals surface area contributed by atoms with Crippen molar-refractivity contribution < 1.29 is 33.4 Å². The molecule has 0 spiro atoms. The van der Waals surface area contributed by atoms with E-state index >= 15 is 0 Å². The van der Waals surface area contributed by atoms with Crippen LogP contribution in [0.1, 0.15) is 52.7 Å². The average molecular weight is 446 g/mol. The van der Waals surface area contributed by atoms with E-state index in [9.17, 15) is 4.79 Å². The van der Waals surface area contributed by atoms with Crippen molar-refractivity contribution in [2.45, 2.75) is 58.3 Å². The predicted molar refractivity (Wildman–Crippen MR) is 123 cm³/mol. The number of aliphatic hydroxyl groups is 1. The van der Waals surface area contributed by atoms with Gasteiger partial charge < -0.3 is 28.6 Å². The van der Waals surface area contributed by atoms with Crippen molar-refractivity contribution >= 4 is 13.1 Å². The number of para-hydroxylation sites is 1. The summed E-state index contributed by atoms with van der Waals surface area (Å²) in [4.78, 5) is 11.8. The summed E-state index contributed by atoms with van der Waals surface area (Å²) in [5.41, 5.74) is 1.15. The van der Waals surface area contributed by atoms with Crippen LogP contribution in [0.4, 0.5) is 0 Å². The molecule has 1 aromatic rings. The van der Waals surface area contributed by atoms with Crippen molar-refractivity contribution in [2.24, 2.45) is 0 Å². The maximum atomic E-state index is 11.8. The van der Waals surface area contributed by atoms with Gasteiger partial charge in [0.25, 0.3) is 0 Å². The molecule has 8 heteroatoms. The van der Waals surface area contributed by atoms with Gasteiger partial charge in [0.1, 0.15) is 18.5 Å². The third kappa shape index (κ3) is 6.45. The Morgan fingerprint density at radius 2 is 1.84 bits per heavy atom. The Balaban J connectivity index is 2.38. The lowest BCUT2D eigenvalue weighted by Crippen LogP contribution is -2.41.